The number of likely N-dealkylation sites (tertiary alicyclic amines) is 1. The van der Waals surface area contributed by atoms with Crippen molar-refractivity contribution in [3.63, 3.8) is 0 Å². The Bertz CT molecular complexity index is 429. The summed E-state index contributed by atoms with van der Waals surface area (Å²) in [5, 5.41) is 9.51. The fourth-order valence-corrected chi connectivity index (χ4v) is 2.16. The number of amides is 2. The van der Waals surface area contributed by atoms with Crippen LogP contribution in [0.4, 0.5) is 9.59 Å². The number of rotatable bonds is 0. The molecule has 0 aromatic rings. The first kappa shape index (κ1) is 13.6. The smallest absolute Gasteiger partial charge is 0.432 e. The molecule has 2 fully saturated rings. The molecule has 8 heteroatoms. The fourth-order valence-electron chi connectivity index (χ4n) is 2.16. The van der Waals surface area contributed by atoms with Crippen LogP contribution in [-0.4, -0.2) is 63.9 Å². The van der Waals surface area contributed by atoms with Gasteiger partial charge in [-0.1, -0.05) is 0 Å². The molecule has 2 amide bonds. The van der Waals surface area contributed by atoms with Gasteiger partial charge in [0.05, 0.1) is 19.2 Å². The Morgan fingerprint density at radius 2 is 2.05 bits per heavy atom. The van der Waals surface area contributed by atoms with Crippen molar-refractivity contribution in [2.75, 3.05) is 13.2 Å². The lowest BCUT2D eigenvalue weighted by Gasteiger charge is -2.26. The fraction of sp³-hybridized carbons (Fsp3) is 0.727. The van der Waals surface area contributed by atoms with E-state index in [1.807, 2.05) is 0 Å². The zero-order valence-corrected chi connectivity index (χ0v) is 11.0. The summed E-state index contributed by atoms with van der Waals surface area (Å²) in [5.41, 5.74) is -0.676. The highest BCUT2D eigenvalue weighted by Crippen LogP contribution is 2.28. The topological polar surface area (TPSA) is 96.4 Å². The van der Waals surface area contributed by atoms with Crippen molar-refractivity contribution >= 4 is 18.0 Å². The minimum Gasteiger partial charge on any atom is -0.463 e. The van der Waals surface area contributed by atoms with E-state index in [0.29, 0.717) is 5.06 Å². The normalized spacial score (nSPS) is 26.6. The molecule has 0 radical (unpaired) electrons. The number of ether oxygens (including phenoxy) is 1. The van der Waals surface area contributed by atoms with Crippen molar-refractivity contribution in [2.45, 2.75) is 38.5 Å². The van der Waals surface area contributed by atoms with E-state index in [-0.39, 0.29) is 18.9 Å². The molecule has 0 saturated carbocycles. The molecule has 0 unspecified atom stereocenters. The van der Waals surface area contributed by atoms with Crippen molar-refractivity contribution in [1.82, 2.24) is 9.96 Å². The van der Waals surface area contributed by atoms with E-state index in [0.717, 1.165) is 0 Å². The van der Waals surface area contributed by atoms with Gasteiger partial charge < -0.3 is 9.84 Å². The molecule has 2 saturated heterocycles. The second-order valence-electron chi connectivity index (χ2n) is 5.49. The van der Waals surface area contributed by atoms with Gasteiger partial charge in [-0.05, 0) is 20.8 Å². The number of carbonyl (C=O) groups excluding carboxylic acids is 2. The van der Waals surface area contributed by atoms with E-state index < -0.39 is 29.9 Å². The van der Waals surface area contributed by atoms with E-state index in [4.69, 9.17) is 14.7 Å². The predicted molar refractivity (Wildman–Crippen MR) is 61.3 cm³/mol. The van der Waals surface area contributed by atoms with Gasteiger partial charge in [0.1, 0.15) is 11.6 Å². The Kier molecular flexibility index (Phi) is 3.13. The van der Waals surface area contributed by atoms with Crippen LogP contribution in [0.25, 0.3) is 0 Å². The predicted octanol–water partition coefficient (Wildman–Crippen LogP) is 0.469. The third-order valence-electron chi connectivity index (χ3n) is 2.87. The van der Waals surface area contributed by atoms with Crippen LogP contribution in [0.5, 0.6) is 0 Å². The highest BCUT2D eigenvalue weighted by Gasteiger charge is 2.54. The Balaban J connectivity index is 2.13. The van der Waals surface area contributed by atoms with Crippen molar-refractivity contribution in [3.8, 4) is 0 Å². The molecule has 2 aliphatic heterocycles. The van der Waals surface area contributed by atoms with Gasteiger partial charge in [-0.25, -0.2) is 9.59 Å². The Labute approximate surface area is 109 Å². The van der Waals surface area contributed by atoms with Gasteiger partial charge in [0, 0.05) is 0 Å². The van der Waals surface area contributed by atoms with Crippen LogP contribution in [0.1, 0.15) is 20.8 Å². The van der Waals surface area contributed by atoms with Gasteiger partial charge in [-0.15, -0.1) is 0 Å². The maximum atomic E-state index is 12.0. The van der Waals surface area contributed by atoms with E-state index >= 15 is 0 Å². The monoisotopic (exact) mass is 272 g/mol. The van der Waals surface area contributed by atoms with Gasteiger partial charge in [-0.2, -0.15) is 5.06 Å². The molecule has 8 nitrogen and oxygen atoms in total. The van der Waals surface area contributed by atoms with E-state index in [1.54, 1.807) is 20.8 Å². The number of hydrogen-bond donors (Lipinski definition) is 1. The maximum absolute atomic E-state index is 12.0. The summed E-state index contributed by atoms with van der Waals surface area (Å²) in [5.74, 6) is -0.365. The molecule has 0 bridgehead atoms. The minimum atomic E-state index is -1.34. The number of Topliss-reactive ketones (excluding diaryl/α,β-unsaturated/α-hetero) is 1. The summed E-state index contributed by atoms with van der Waals surface area (Å²) in [6.07, 6.45) is -1.98. The summed E-state index contributed by atoms with van der Waals surface area (Å²) < 4.78 is 5.19. The third kappa shape index (κ3) is 2.48. The molecule has 0 aliphatic carbocycles. The minimum absolute atomic E-state index is 0.0258. The molecular weight excluding hydrogens is 256 g/mol. The molecule has 2 aliphatic rings. The largest absolute Gasteiger partial charge is 0.463 e. The molecular formula is C11H16N2O6. The average Bonchev–Trinajstić information content (AvgIpc) is 2.77. The molecule has 0 aromatic heterocycles. The first-order valence-electron chi connectivity index (χ1n) is 5.88. The maximum Gasteiger partial charge on any atom is 0.432 e. The molecule has 1 N–H and O–H groups in total. The lowest BCUT2D eigenvalue weighted by atomic mass is 10.1. The number of hydrogen-bond acceptors (Lipinski definition) is 5. The molecule has 0 aromatic carbocycles. The van der Waals surface area contributed by atoms with E-state index in [2.05, 4.69) is 0 Å². The van der Waals surface area contributed by atoms with Crippen LogP contribution in [0, 0.1) is 0 Å². The van der Waals surface area contributed by atoms with Crippen LogP contribution >= 0.6 is 0 Å². The number of hydroxylamine groups is 2. The van der Waals surface area contributed by atoms with Crippen molar-refractivity contribution in [2.24, 2.45) is 0 Å². The van der Waals surface area contributed by atoms with Gasteiger partial charge in [0.15, 0.2) is 5.78 Å². The number of carboxylic acid groups (broad SMARTS) is 1. The van der Waals surface area contributed by atoms with Crippen LogP contribution in [0.3, 0.4) is 0 Å². The molecule has 2 heterocycles. The van der Waals surface area contributed by atoms with Crippen molar-refractivity contribution in [3.05, 3.63) is 0 Å². The van der Waals surface area contributed by atoms with Gasteiger partial charge in [-0.3, -0.25) is 14.5 Å². The van der Waals surface area contributed by atoms with Gasteiger partial charge >= 0.3 is 12.2 Å². The standard InChI is InChI=1S/C11H16N2O6/c1-11(2,3)19-10(17)12-4-7(14)8-6(12)5-18-13(8)9(15)16/h6,8H,4-5H2,1-3H3,(H,15,16)/t6-,8+/m1/s1. The van der Waals surface area contributed by atoms with E-state index in [9.17, 15) is 14.4 Å². The van der Waals surface area contributed by atoms with Gasteiger partial charge in [0.25, 0.3) is 0 Å². The average molecular weight is 272 g/mol. The van der Waals surface area contributed by atoms with Crippen molar-refractivity contribution in [1.29, 1.82) is 0 Å². The summed E-state index contributed by atoms with van der Waals surface area (Å²) in [4.78, 5) is 40.8. The highest BCUT2D eigenvalue weighted by atomic mass is 16.7. The highest BCUT2D eigenvalue weighted by molar-refractivity contribution is 5.95. The van der Waals surface area contributed by atoms with Crippen LogP contribution in [-0.2, 0) is 14.4 Å². The van der Waals surface area contributed by atoms with Crippen LogP contribution < -0.4 is 0 Å². The van der Waals surface area contributed by atoms with E-state index in [1.165, 1.54) is 4.90 Å². The SMILES string of the molecule is CC(C)(C)OC(=O)N1CC(=O)[C@@H]2[C@H]1CON2C(=O)O. The third-order valence-corrected chi connectivity index (χ3v) is 2.87. The second-order valence-corrected chi connectivity index (χ2v) is 5.49. The Morgan fingerprint density at radius 3 is 2.58 bits per heavy atom. The lowest BCUT2D eigenvalue weighted by Crippen LogP contribution is -2.44. The van der Waals surface area contributed by atoms with Crippen molar-refractivity contribution < 1.29 is 29.1 Å². The zero-order valence-electron chi connectivity index (χ0n) is 11.0. The van der Waals surface area contributed by atoms with Gasteiger partial charge in [0.2, 0.25) is 0 Å². The molecule has 0 spiro atoms. The quantitative estimate of drug-likeness (QED) is 0.688. The first-order valence-corrected chi connectivity index (χ1v) is 5.88. The number of carbonyl (C=O) groups is 3. The summed E-state index contributed by atoms with van der Waals surface area (Å²) in [6, 6.07) is -1.57. The summed E-state index contributed by atoms with van der Waals surface area (Å²) in [6.45, 7) is 4.97. The lowest BCUT2D eigenvalue weighted by molar-refractivity contribution is -0.137. The number of ketones is 1. The molecule has 2 atom stereocenters. The number of fused-ring (bicyclic) bond motifs is 1. The number of nitrogens with zero attached hydrogens (tertiary/aromatic N) is 2. The molecule has 19 heavy (non-hydrogen) atoms. The molecule has 2 rings (SSSR count). The first-order chi connectivity index (χ1) is 8.70. The Hall–Kier alpha value is -1.83. The second kappa shape index (κ2) is 4.37. The Morgan fingerprint density at radius 1 is 1.42 bits per heavy atom. The zero-order chi connectivity index (χ0) is 14.4. The summed E-state index contributed by atoms with van der Waals surface area (Å²) >= 11 is 0. The molecule has 106 valence electrons. The van der Waals surface area contributed by atoms with Crippen LogP contribution in [0.15, 0.2) is 0 Å². The summed E-state index contributed by atoms with van der Waals surface area (Å²) in [7, 11) is 0. The van der Waals surface area contributed by atoms with Crippen LogP contribution in [0.2, 0.25) is 0 Å².